The molecule has 1 aliphatic heterocycles. The minimum atomic E-state index is -2.98. The fourth-order valence-electron chi connectivity index (χ4n) is 2.35. The fraction of sp³-hybridized carbons (Fsp3) is 0.500. The van der Waals surface area contributed by atoms with Crippen molar-refractivity contribution in [1.82, 2.24) is 10.2 Å². The van der Waals surface area contributed by atoms with Crippen molar-refractivity contribution >= 4 is 29.9 Å². The van der Waals surface area contributed by atoms with Gasteiger partial charge in [0.2, 0.25) is 0 Å². The van der Waals surface area contributed by atoms with Gasteiger partial charge in [0.05, 0.1) is 0 Å². The van der Waals surface area contributed by atoms with Crippen molar-refractivity contribution in [2.24, 2.45) is 4.99 Å². The van der Waals surface area contributed by atoms with Crippen LogP contribution in [0.4, 0.5) is 13.2 Å². The van der Waals surface area contributed by atoms with Gasteiger partial charge in [0.15, 0.2) is 5.96 Å². The fourth-order valence-corrected chi connectivity index (χ4v) is 2.35. The number of likely N-dealkylation sites (tertiary alicyclic amines) is 1. The molecule has 1 aromatic rings. The third-order valence-corrected chi connectivity index (χ3v) is 3.33. The molecular formula is C14H19F3IN3O. The SMILES string of the molecule is CN=C(NCc1c(F)cccc1OC(F)F)N1CCCC1.I. The second-order valence-electron chi connectivity index (χ2n) is 4.69. The van der Waals surface area contributed by atoms with E-state index in [1.165, 1.54) is 18.2 Å². The minimum absolute atomic E-state index is 0. The first kappa shape index (κ1) is 18.9. The summed E-state index contributed by atoms with van der Waals surface area (Å²) < 4.78 is 42.9. The number of hydrogen-bond acceptors (Lipinski definition) is 2. The number of ether oxygens (including phenoxy) is 1. The second-order valence-corrected chi connectivity index (χ2v) is 4.69. The Hall–Kier alpha value is -1.19. The summed E-state index contributed by atoms with van der Waals surface area (Å²) in [6.07, 6.45) is 2.17. The Morgan fingerprint density at radius 3 is 2.64 bits per heavy atom. The van der Waals surface area contributed by atoms with Crippen LogP contribution in [0.5, 0.6) is 5.75 Å². The highest BCUT2D eigenvalue weighted by Crippen LogP contribution is 2.23. The predicted molar refractivity (Wildman–Crippen MR) is 89.5 cm³/mol. The molecule has 1 aliphatic rings. The lowest BCUT2D eigenvalue weighted by molar-refractivity contribution is -0.0506. The molecule has 0 radical (unpaired) electrons. The lowest BCUT2D eigenvalue weighted by Crippen LogP contribution is -2.39. The summed E-state index contributed by atoms with van der Waals surface area (Å²) in [5.41, 5.74) is 0.0677. The Labute approximate surface area is 144 Å². The maximum absolute atomic E-state index is 13.8. The van der Waals surface area contributed by atoms with Gasteiger partial charge in [-0.15, -0.1) is 24.0 Å². The Morgan fingerprint density at radius 1 is 1.36 bits per heavy atom. The highest BCUT2D eigenvalue weighted by Gasteiger charge is 2.18. The summed E-state index contributed by atoms with van der Waals surface area (Å²) in [5, 5.41) is 2.99. The molecule has 0 unspecified atom stereocenters. The van der Waals surface area contributed by atoms with Crippen LogP contribution in [0, 0.1) is 5.82 Å². The zero-order valence-corrected chi connectivity index (χ0v) is 14.5. The normalized spacial score (nSPS) is 15.0. The standard InChI is InChI=1S/C14H18F3N3O.HI/c1-18-14(20-7-2-3-8-20)19-9-10-11(15)5-4-6-12(10)21-13(16)17;/h4-6,13H,2-3,7-9H2,1H3,(H,18,19);1H. The van der Waals surface area contributed by atoms with Gasteiger partial charge in [0.1, 0.15) is 11.6 Å². The first-order chi connectivity index (χ1) is 10.1. The molecule has 1 N–H and O–H groups in total. The number of aliphatic imine (C=N–C) groups is 1. The van der Waals surface area contributed by atoms with Gasteiger partial charge >= 0.3 is 6.61 Å². The van der Waals surface area contributed by atoms with E-state index >= 15 is 0 Å². The van der Waals surface area contributed by atoms with Crippen molar-refractivity contribution in [1.29, 1.82) is 0 Å². The van der Waals surface area contributed by atoms with Crippen LogP contribution >= 0.6 is 24.0 Å². The van der Waals surface area contributed by atoms with Crippen LogP contribution in [0.2, 0.25) is 0 Å². The Kier molecular flexibility index (Phi) is 7.77. The molecule has 8 heteroatoms. The highest BCUT2D eigenvalue weighted by molar-refractivity contribution is 14.0. The number of guanidine groups is 1. The molecule has 4 nitrogen and oxygen atoms in total. The van der Waals surface area contributed by atoms with Gasteiger partial charge in [-0.2, -0.15) is 8.78 Å². The lowest BCUT2D eigenvalue weighted by Gasteiger charge is -2.21. The van der Waals surface area contributed by atoms with E-state index < -0.39 is 12.4 Å². The van der Waals surface area contributed by atoms with Crippen molar-refractivity contribution in [2.75, 3.05) is 20.1 Å². The average molecular weight is 429 g/mol. The molecule has 0 aromatic heterocycles. The highest BCUT2D eigenvalue weighted by atomic mass is 127. The lowest BCUT2D eigenvalue weighted by atomic mass is 10.2. The Bertz CT molecular complexity index is 508. The number of alkyl halides is 2. The van der Waals surface area contributed by atoms with Crippen LogP contribution in [-0.2, 0) is 6.54 Å². The van der Waals surface area contributed by atoms with Crippen molar-refractivity contribution in [3.05, 3.63) is 29.6 Å². The number of rotatable bonds is 4. The van der Waals surface area contributed by atoms with Crippen LogP contribution < -0.4 is 10.1 Å². The number of benzene rings is 1. The molecule has 124 valence electrons. The molecule has 1 saturated heterocycles. The quantitative estimate of drug-likeness (QED) is 0.454. The van der Waals surface area contributed by atoms with E-state index in [1.807, 2.05) is 0 Å². The molecule has 0 aliphatic carbocycles. The van der Waals surface area contributed by atoms with E-state index in [1.54, 1.807) is 7.05 Å². The first-order valence-corrected chi connectivity index (χ1v) is 6.79. The van der Waals surface area contributed by atoms with Crippen molar-refractivity contribution in [3.63, 3.8) is 0 Å². The van der Waals surface area contributed by atoms with E-state index in [4.69, 9.17) is 0 Å². The summed E-state index contributed by atoms with van der Waals surface area (Å²) >= 11 is 0. The van der Waals surface area contributed by atoms with Gasteiger partial charge < -0.3 is 15.0 Å². The molecule has 1 aromatic carbocycles. The molecule has 0 spiro atoms. The van der Waals surface area contributed by atoms with Gasteiger partial charge in [-0.05, 0) is 25.0 Å². The van der Waals surface area contributed by atoms with Gasteiger partial charge in [0, 0.05) is 32.2 Å². The number of nitrogens with zero attached hydrogens (tertiary/aromatic N) is 2. The number of nitrogens with one attached hydrogen (secondary N) is 1. The maximum Gasteiger partial charge on any atom is 0.387 e. The molecule has 0 saturated carbocycles. The maximum atomic E-state index is 13.8. The Balaban J connectivity index is 0.00000242. The monoisotopic (exact) mass is 429 g/mol. The third-order valence-electron chi connectivity index (χ3n) is 3.33. The average Bonchev–Trinajstić information content (AvgIpc) is 2.95. The number of hydrogen-bond donors (Lipinski definition) is 1. The minimum Gasteiger partial charge on any atom is -0.434 e. The summed E-state index contributed by atoms with van der Waals surface area (Å²) in [7, 11) is 1.64. The van der Waals surface area contributed by atoms with Gasteiger partial charge in [-0.1, -0.05) is 6.07 Å². The van der Waals surface area contributed by atoms with Crippen LogP contribution in [0.1, 0.15) is 18.4 Å². The van der Waals surface area contributed by atoms with Crippen LogP contribution in [-0.4, -0.2) is 37.6 Å². The van der Waals surface area contributed by atoms with Crippen LogP contribution in [0.25, 0.3) is 0 Å². The summed E-state index contributed by atoms with van der Waals surface area (Å²) in [6.45, 7) is -1.17. The largest absolute Gasteiger partial charge is 0.434 e. The third kappa shape index (κ3) is 4.92. The van der Waals surface area contributed by atoms with Gasteiger partial charge in [-0.25, -0.2) is 4.39 Å². The van der Waals surface area contributed by atoms with E-state index in [0.717, 1.165) is 25.9 Å². The van der Waals surface area contributed by atoms with E-state index in [-0.39, 0.29) is 41.8 Å². The summed E-state index contributed by atoms with van der Waals surface area (Å²) in [5.74, 6) is -0.106. The van der Waals surface area contributed by atoms with Crippen molar-refractivity contribution in [2.45, 2.75) is 26.0 Å². The van der Waals surface area contributed by atoms with Gasteiger partial charge in [0.25, 0.3) is 0 Å². The Morgan fingerprint density at radius 2 is 2.05 bits per heavy atom. The first-order valence-electron chi connectivity index (χ1n) is 6.79. The topological polar surface area (TPSA) is 36.9 Å². The van der Waals surface area contributed by atoms with Crippen molar-refractivity contribution in [3.8, 4) is 5.75 Å². The molecular weight excluding hydrogens is 410 g/mol. The summed E-state index contributed by atoms with van der Waals surface area (Å²) in [6, 6.07) is 3.88. The predicted octanol–water partition coefficient (Wildman–Crippen LogP) is 3.22. The van der Waals surface area contributed by atoms with Crippen molar-refractivity contribution < 1.29 is 17.9 Å². The van der Waals surface area contributed by atoms with Crippen LogP contribution in [0.15, 0.2) is 23.2 Å². The molecule has 2 rings (SSSR count). The smallest absolute Gasteiger partial charge is 0.387 e. The summed E-state index contributed by atoms with van der Waals surface area (Å²) in [4.78, 5) is 6.18. The molecule has 0 amide bonds. The zero-order chi connectivity index (χ0) is 15.2. The molecule has 22 heavy (non-hydrogen) atoms. The zero-order valence-electron chi connectivity index (χ0n) is 12.2. The molecule has 1 fully saturated rings. The van der Waals surface area contributed by atoms with Crippen LogP contribution in [0.3, 0.4) is 0 Å². The van der Waals surface area contributed by atoms with E-state index in [9.17, 15) is 13.2 Å². The molecule has 0 atom stereocenters. The van der Waals surface area contributed by atoms with E-state index in [2.05, 4.69) is 19.9 Å². The molecule has 1 heterocycles. The second kappa shape index (κ2) is 9.06. The van der Waals surface area contributed by atoms with E-state index in [0.29, 0.717) is 5.96 Å². The molecule has 0 bridgehead atoms. The number of halogens is 4. The van der Waals surface area contributed by atoms with Gasteiger partial charge in [-0.3, -0.25) is 4.99 Å².